The minimum Gasteiger partial charge on any atom is -0.495 e. The van der Waals surface area contributed by atoms with Gasteiger partial charge in [-0.1, -0.05) is 6.07 Å². The van der Waals surface area contributed by atoms with E-state index in [-0.39, 0.29) is 6.61 Å². The molecular weight excluding hydrogens is 408 g/mol. The zero-order valence-electron chi connectivity index (χ0n) is 18.4. The molecule has 0 bridgehead atoms. The highest BCUT2D eigenvalue weighted by Crippen LogP contribution is 2.33. The van der Waals surface area contributed by atoms with Crippen LogP contribution < -0.4 is 19.5 Å². The first-order valence-electron chi connectivity index (χ1n) is 10.1. The van der Waals surface area contributed by atoms with Crippen molar-refractivity contribution < 1.29 is 19.3 Å². The number of methoxy groups -OCH3 is 3. The molecule has 32 heavy (non-hydrogen) atoms. The van der Waals surface area contributed by atoms with E-state index in [1.54, 1.807) is 32.5 Å². The van der Waals surface area contributed by atoms with Gasteiger partial charge in [-0.05, 0) is 35.9 Å². The second-order valence-electron chi connectivity index (χ2n) is 6.95. The van der Waals surface area contributed by atoms with Crippen molar-refractivity contribution >= 4 is 0 Å². The molecule has 0 radical (unpaired) electrons. The number of rotatable bonds is 10. The number of ether oxygens (including phenoxy) is 3. The summed E-state index contributed by atoms with van der Waals surface area (Å²) in [6.07, 6.45) is 2.20. The standard InChI is InChI=1S/C24H26N4O4/c1-30-21-5-4-17(13-18(21)14-25)20-6-7-27-23(28-20)12-16-10-19(15-26-8-9-29)24(32-3)22(11-16)31-2/h4-7,10-11,13,26,29H,8-9,12,15H2,1-3H3. The Labute approximate surface area is 187 Å². The van der Waals surface area contributed by atoms with Crippen molar-refractivity contribution in [3.63, 3.8) is 0 Å². The van der Waals surface area contributed by atoms with Crippen molar-refractivity contribution in [3.8, 4) is 34.6 Å². The molecule has 3 rings (SSSR count). The summed E-state index contributed by atoms with van der Waals surface area (Å²) >= 11 is 0. The Morgan fingerprint density at radius 3 is 2.53 bits per heavy atom. The van der Waals surface area contributed by atoms with Crippen LogP contribution in [0.5, 0.6) is 17.2 Å². The summed E-state index contributed by atoms with van der Waals surface area (Å²) in [6, 6.07) is 13.3. The maximum Gasteiger partial charge on any atom is 0.165 e. The van der Waals surface area contributed by atoms with Crippen molar-refractivity contribution in [2.45, 2.75) is 13.0 Å². The maximum atomic E-state index is 9.36. The third-order valence-corrected chi connectivity index (χ3v) is 4.90. The lowest BCUT2D eigenvalue weighted by Crippen LogP contribution is -2.18. The zero-order chi connectivity index (χ0) is 22.9. The van der Waals surface area contributed by atoms with Crippen LogP contribution in [-0.4, -0.2) is 49.6 Å². The number of aliphatic hydroxyl groups is 1. The van der Waals surface area contributed by atoms with Crippen LogP contribution in [0.15, 0.2) is 42.6 Å². The first-order valence-corrected chi connectivity index (χ1v) is 10.1. The number of aromatic nitrogens is 2. The lowest BCUT2D eigenvalue weighted by molar-refractivity contribution is 0.291. The number of benzene rings is 2. The van der Waals surface area contributed by atoms with Gasteiger partial charge in [-0.15, -0.1) is 0 Å². The number of aliphatic hydroxyl groups excluding tert-OH is 1. The van der Waals surface area contributed by atoms with E-state index in [1.807, 2.05) is 24.3 Å². The van der Waals surface area contributed by atoms with Crippen LogP contribution in [0.4, 0.5) is 0 Å². The Kier molecular flexibility index (Phi) is 7.97. The predicted molar refractivity (Wildman–Crippen MR) is 120 cm³/mol. The Balaban J connectivity index is 1.91. The van der Waals surface area contributed by atoms with Gasteiger partial charge in [-0.2, -0.15) is 5.26 Å². The molecule has 0 aliphatic rings. The average Bonchev–Trinajstić information content (AvgIpc) is 2.83. The van der Waals surface area contributed by atoms with Gasteiger partial charge < -0.3 is 24.6 Å². The van der Waals surface area contributed by atoms with Gasteiger partial charge in [0.1, 0.15) is 17.6 Å². The molecule has 0 aliphatic heterocycles. The van der Waals surface area contributed by atoms with Crippen molar-refractivity contribution in [2.24, 2.45) is 0 Å². The van der Waals surface area contributed by atoms with E-state index >= 15 is 0 Å². The summed E-state index contributed by atoms with van der Waals surface area (Å²) < 4.78 is 16.3. The van der Waals surface area contributed by atoms with Gasteiger partial charge in [-0.25, -0.2) is 9.97 Å². The number of hydrogen-bond donors (Lipinski definition) is 2. The van der Waals surface area contributed by atoms with E-state index in [0.29, 0.717) is 48.1 Å². The van der Waals surface area contributed by atoms with Crippen LogP contribution in [0.1, 0.15) is 22.5 Å². The summed E-state index contributed by atoms with van der Waals surface area (Å²) in [5.41, 5.74) is 3.87. The minimum atomic E-state index is 0.0542. The molecule has 0 saturated carbocycles. The molecule has 2 N–H and O–H groups in total. The Morgan fingerprint density at radius 1 is 1.03 bits per heavy atom. The molecule has 2 aromatic carbocycles. The van der Waals surface area contributed by atoms with Gasteiger partial charge in [0.25, 0.3) is 0 Å². The summed E-state index contributed by atoms with van der Waals surface area (Å²) in [7, 11) is 4.74. The summed E-state index contributed by atoms with van der Waals surface area (Å²) in [5.74, 6) is 2.44. The van der Waals surface area contributed by atoms with Gasteiger partial charge in [-0.3, -0.25) is 0 Å². The molecule has 0 fully saturated rings. The molecule has 166 valence electrons. The average molecular weight is 434 g/mol. The topological polar surface area (TPSA) is 110 Å². The maximum absolute atomic E-state index is 9.36. The molecule has 3 aromatic rings. The number of nitrogens with zero attached hydrogens (tertiary/aromatic N) is 3. The van der Waals surface area contributed by atoms with Crippen molar-refractivity contribution in [2.75, 3.05) is 34.5 Å². The molecule has 0 aliphatic carbocycles. The highest BCUT2D eigenvalue weighted by Gasteiger charge is 2.14. The van der Waals surface area contributed by atoms with Crippen LogP contribution in [0.3, 0.4) is 0 Å². The van der Waals surface area contributed by atoms with Gasteiger partial charge in [0, 0.05) is 36.8 Å². The molecule has 0 atom stereocenters. The number of nitriles is 1. The fourth-order valence-corrected chi connectivity index (χ4v) is 3.42. The normalized spacial score (nSPS) is 10.5. The second kappa shape index (κ2) is 11.1. The van der Waals surface area contributed by atoms with Crippen molar-refractivity contribution in [1.29, 1.82) is 5.26 Å². The molecule has 0 spiro atoms. The van der Waals surface area contributed by atoms with E-state index in [1.165, 1.54) is 7.11 Å². The summed E-state index contributed by atoms with van der Waals surface area (Å²) in [5, 5.41) is 21.6. The predicted octanol–water partition coefficient (Wildman–Crippen LogP) is 2.71. The van der Waals surface area contributed by atoms with Gasteiger partial charge in [0.2, 0.25) is 0 Å². The minimum absolute atomic E-state index is 0.0542. The molecule has 0 amide bonds. The Bertz CT molecular complexity index is 1110. The molecule has 1 heterocycles. The van der Waals surface area contributed by atoms with E-state index in [4.69, 9.17) is 24.3 Å². The van der Waals surface area contributed by atoms with Crippen LogP contribution in [0.2, 0.25) is 0 Å². The summed E-state index contributed by atoms with van der Waals surface area (Å²) in [4.78, 5) is 9.11. The van der Waals surface area contributed by atoms with E-state index in [2.05, 4.69) is 16.4 Å². The smallest absolute Gasteiger partial charge is 0.165 e. The third-order valence-electron chi connectivity index (χ3n) is 4.90. The first kappa shape index (κ1) is 23.0. The SMILES string of the molecule is COc1ccc(-c2ccnc(Cc3cc(CNCCO)c(OC)c(OC)c3)n2)cc1C#N. The van der Waals surface area contributed by atoms with Crippen molar-refractivity contribution in [1.82, 2.24) is 15.3 Å². The highest BCUT2D eigenvalue weighted by molar-refractivity contribution is 5.64. The molecule has 1 aromatic heterocycles. The largest absolute Gasteiger partial charge is 0.495 e. The van der Waals surface area contributed by atoms with E-state index in [9.17, 15) is 5.26 Å². The van der Waals surface area contributed by atoms with Gasteiger partial charge in [0.05, 0.1) is 39.2 Å². The summed E-state index contributed by atoms with van der Waals surface area (Å²) in [6.45, 7) is 1.06. The fraction of sp³-hybridized carbons (Fsp3) is 0.292. The number of hydrogen-bond acceptors (Lipinski definition) is 8. The molecule has 8 nitrogen and oxygen atoms in total. The van der Waals surface area contributed by atoms with E-state index < -0.39 is 0 Å². The van der Waals surface area contributed by atoms with Gasteiger partial charge >= 0.3 is 0 Å². The van der Waals surface area contributed by atoms with Crippen LogP contribution in [0.25, 0.3) is 11.3 Å². The molecule has 8 heteroatoms. The van der Waals surface area contributed by atoms with E-state index in [0.717, 1.165) is 22.4 Å². The van der Waals surface area contributed by atoms with Crippen molar-refractivity contribution in [3.05, 3.63) is 65.1 Å². The fourth-order valence-electron chi connectivity index (χ4n) is 3.42. The highest BCUT2D eigenvalue weighted by atomic mass is 16.5. The second-order valence-corrected chi connectivity index (χ2v) is 6.95. The van der Waals surface area contributed by atoms with Crippen LogP contribution >= 0.6 is 0 Å². The third kappa shape index (κ3) is 5.32. The zero-order valence-corrected chi connectivity index (χ0v) is 18.4. The Morgan fingerprint density at radius 2 is 1.84 bits per heavy atom. The molecule has 0 saturated heterocycles. The lowest BCUT2D eigenvalue weighted by atomic mass is 10.0. The lowest BCUT2D eigenvalue weighted by Gasteiger charge is -2.15. The monoisotopic (exact) mass is 434 g/mol. The van der Waals surface area contributed by atoms with Crippen LogP contribution in [-0.2, 0) is 13.0 Å². The molecule has 0 unspecified atom stereocenters. The molecular formula is C24H26N4O4. The Hall–Kier alpha value is -3.67. The first-order chi connectivity index (χ1) is 15.6. The van der Waals surface area contributed by atoms with Gasteiger partial charge in [0.15, 0.2) is 11.5 Å². The quantitative estimate of drug-likeness (QED) is 0.469. The van der Waals surface area contributed by atoms with Crippen LogP contribution in [0, 0.1) is 11.3 Å². The number of nitrogens with one attached hydrogen (secondary N) is 1.